The molecule has 1 aliphatic carbocycles. The highest BCUT2D eigenvalue weighted by Gasteiger charge is 2.54. The molecule has 1 aromatic carbocycles. The van der Waals surface area contributed by atoms with Gasteiger partial charge in [-0.2, -0.15) is 13.2 Å². The summed E-state index contributed by atoms with van der Waals surface area (Å²) in [4.78, 5) is 0. The highest BCUT2D eigenvalue weighted by Crippen LogP contribution is 2.45. The Morgan fingerprint density at radius 3 is 2.06 bits per heavy atom. The predicted molar refractivity (Wildman–Crippen MR) is 58.7 cm³/mol. The van der Waals surface area contributed by atoms with E-state index in [1.165, 1.54) is 0 Å². The monoisotopic (exact) mass is 244 g/mol. The van der Waals surface area contributed by atoms with E-state index in [0.29, 0.717) is 12.8 Å². The van der Waals surface area contributed by atoms with Crippen molar-refractivity contribution in [3.05, 3.63) is 35.9 Å². The Balaban J connectivity index is 2.04. The van der Waals surface area contributed by atoms with Gasteiger partial charge in [-0.25, -0.2) is 0 Å². The largest absolute Gasteiger partial charge is 0.417 e. The highest BCUT2D eigenvalue weighted by molar-refractivity contribution is 5.20. The first kappa shape index (κ1) is 12.4. The molecule has 1 nitrogen and oxygen atoms in total. The topological polar surface area (TPSA) is 20.2 Å². The van der Waals surface area contributed by atoms with Gasteiger partial charge in [0.1, 0.15) is 0 Å². The van der Waals surface area contributed by atoms with Crippen LogP contribution in [0.25, 0.3) is 0 Å². The SMILES string of the molecule is OC1(C(F)(F)F)CCC(c2ccccc2)CC1. The molecule has 4 heteroatoms. The molecule has 0 atom stereocenters. The molecule has 0 unspecified atom stereocenters. The second-order valence-electron chi connectivity index (χ2n) is 4.71. The average molecular weight is 244 g/mol. The van der Waals surface area contributed by atoms with Gasteiger partial charge in [-0.15, -0.1) is 0 Å². The van der Waals surface area contributed by atoms with Crippen LogP contribution in [0.5, 0.6) is 0 Å². The fourth-order valence-electron chi connectivity index (χ4n) is 2.44. The van der Waals surface area contributed by atoms with Crippen molar-refractivity contribution in [3.8, 4) is 0 Å². The predicted octanol–water partition coefficient (Wildman–Crippen LogP) is 3.64. The maximum Gasteiger partial charge on any atom is 0.417 e. The number of alkyl halides is 3. The third-order valence-electron chi connectivity index (χ3n) is 3.61. The Labute approximate surface area is 98.3 Å². The summed E-state index contributed by atoms with van der Waals surface area (Å²) >= 11 is 0. The van der Waals surface area contributed by atoms with Crippen molar-refractivity contribution in [1.29, 1.82) is 0 Å². The summed E-state index contributed by atoms with van der Waals surface area (Å²) in [6.07, 6.45) is -4.12. The lowest BCUT2D eigenvalue weighted by Crippen LogP contribution is -2.47. The van der Waals surface area contributed by atoms with Crippen LogP contribution in [-0.4, -0.2) is 16.9 Å². The van der Waals surface area contributed by atoms with Crippen molar-refractivity contribution in [2.75, 3.05) is 0 Å². The summed E-state index contributed by atoms with van der Waals surface area (Å²) < 4.78 is 37.8. The molecule has 0 aromatic heterocycles. The molecular weight excluding hydrogens is 229 g/mol. The average Bonchev–Trinajstić information content (AvgIpc) is 2.30. The molecule has 0 amide bonds. The first-order valence-electron chi connectivity index (χ1n) is 5.76. The Morgan fingerprint density at radius 1 is 1.06 bits per heavy atom. The molecule has 1 fully saturated rings. The summed E-state index contributed by atoms with van der Waals surface area (Å²) in [7, 11) is 0. The fourth-order valence-corrected chi connectivity index (χ4v) is 2.44. The van der Waals surface area contributed by atoms with E-state index in [2.05, 4.69) is 0 Å². The van der Waals surface area contributed by atoms with Crippen LogP contribution in [0.2, 0.25) is 0 Å². The van der Waals surface area contributed by atoms with Crippen LogP contribution < -0.4 is 0 Å². The summed E-state index contributed by atoms with van der Waals surface area (Å²) in [5.41, 5.74) is -1.41. The van der Waals surface area contributed by atoms with Crippen molar-refractivity contribution in [3.63, 3.8) is 0 Å². The normalized spacial score (nSPS) is 30.2. The van der Waals surface area contributed by atoms with Gasteiger partial charge in [0.05, 0.1) is 0 Å². The van der Waals surface area contributed by atoms with Crippen molar-refractivity contribution >= 4 is 0 Å². The number of rotatable bonds is 1. The van der Waals surface area contributed by atoms with Crippen LogP contribution in [-0.2, 0) is 0 Å². The Bertz CT molecular complexity index is 364. The molecule has 1 saturated carbocycles. The number of halogens is 3. The van der Waals surface area contributed by atoms with E-state index < -0.39 is 11.8 Å². The third-order valence-corrected chi connectivity index (χ3v) is 3.61. The zero-order chi connectivity index (χ0) is 12.5. The smallest absolute Gasteiger partial charge is 0.380 e. The van der Waals surface area contributed by atoms with Gasteiger partial charge < -0.3 is 5.11 Å². The Morgan fingerprint density at radius 2 is 1.59 bits per heavy atom. The molecule has 1 aliphatic rings. The Hall–Kier alpha value is -1.03. The van der Waals surface area contributed by atoms with Crippen molar-refractivity contribution in [1.82, 2.24) is 0 Å². The molecule has 1 aromatic rings. The molecule has 0 bridgehead atoms. The molecule has 0 saturated heterocycles. The van der Waals surface area contributed by atoms with Gasteiger partial charge in [-0.05, 0) is 37.2 Å². The zero-order valence-electron chi connectivity index (χ0n) is 9.37. The summed E-state index contributed by atoms with van der Waals surface area (Å²) in [6, 6.07) is 9.53. The van der Waals surface area contributed by atoms with Crippen molar-refractivity contribution in [2.45, 2.75) is 43.4 Å². The van der Waals surface area contributed by atoms with Crippen LogP contribution in [0, 0.1) is 0 Å². The molecular formula is C13H15F3O. The molecule has 0 radical (unpaired) electrons. The Kier molecular flexibility index (Phi) is 3.17. The van der Waals surface area contributed by atoms with Gasteiger partial charge in [0, 0.05) is 0 Å². The van der Waals surface area contributed by atoms with E-state index >= 15 is 0 Å². The maximum atomic E-state index is 12.6. The quantitative estimate of drug-likeness (QED) is 0.799. The van der Waals surface area contributed by atoms with Gasteiger partial charge >= 0.3 is 6.18 Å². The van der Waals surface area contributed by atoms with E-state index in [9.17, 15) is 18.3 Å². The van der Waals surface area contributed by atoms with Crippen molar-refractivity contribution in [2.24, 2.45) is 0 Å². The number of aliphatic hydroxyl groups is 1. The molecule has 0 heterocycles. The third kappa shape index (κ3) is 2.46. The lowest BCUT2D eigenvalue weighted by Gasteiger charge is -2.37. The van der Waals surface area contributed by atoms with E-state index in [-0.39, 0.29) is 18.8 Å². The molecule has 0 aliphatic heterocycles. The first-order chi connectivity index (χ1) is 7.92. The van der Waals surface area contributed by atoms with Crippen LogP contribution in [0.15, 0.2) is 30.3 Å². The van der Waals surface area contributed by atoms with Crippen LogP contribution in [0.3, 0.4) is 0 Å². The van der Waals surface area contributed by atoms with Crippen molar-refractivity contribution < 1.29 is 18.3 Å². The van der Waals surface area contributed by atoms with Gasteiger partial charge in [-0.3, -0.25) is 0 Å². The summed E-state index contributed by atoms with van der Waals surface area (Å²) in [6.45, 7) is 0. The van der Waals surface area contributed by atoms with Gasteiger partial charge in [0.25, 0.3) is 0 Å². The summed E-state index contributed by atoms with van der Waals surface area (Å²) in [5.74, 6) is 0.138. The molecule has 2 rings (SSSR count). The first-order valence-corrected chi connectivity index (χ1v) is 5.76. The number of benzene rings is 1. The van der Waals surface area contributed by atoms with Crippen LogP contribution in [0.1, 0.15) is 37.2 Å². The molecule has 17 heavy (non-hydrogen) atoms. The van der Waals surface area contributed by atoms with Crippen LogP contribution >= 0.6 is 0 Å². The van der Waals surface area contributed by atoms with E-state index in [4.69, 9.17) is 0 Å². The van der Waals surface area contributed by atoms with Gasteiger partial charge in [-0.1, -0.05) is 30.3 Å². The second kappa shape index (κ2) is 4.33. The minimum atomic E-state index is -4.51. The van der Waals surface area contributed by atoms with Gasteiger partial charge in [0.15, 0.2) is 5.60 Å². The molecule has 0 spiro atoms. The molecule has 1 N–H and O–H groups in total. The van der Waals surface area contributed by atoms with Crippen LogP contribution in [0.4, 0.5) is 13.2 Å². The second-order valence-corrected chi connectivity index (χ2v) is 4.71. The number of hydrogen-bond acceptors (Lipinski definition) is 1. The fraction of sp³-hybridized carbons (Fsp3) is 0.538. The minimum Gasteiger partial charge on any atom is -0.380 e. The van der Waals surface area contributed by atoms with E-state index in [0.717, 1.165) is 5.56 Å². The minimum absolute atomic E-state index is 0.138. The number of hydrogen-bond donors (Lipinski definition) is 1. The highest BCUT2D eigenvalue weighted by atomic mass is 19.4. The zero-order valence-corrected chi connectivity index (χ0v) is 9.37. The lowest BCUT2D eigenvalue weighted by molar-refractivity contribution is -0.270. The maximum absolute atomic E-state index is 12.6. The van der Waals surface area contributed by atoms with E-state index in [1.807, 2.05) is 30.3 Å². The summed E-state index contributed by atoms with van der Waals surface area (Å²) in [5, 5.41) is 9.55. The van der Waals surface area contributed by atoms with Gasteiger partial charge in [0.2, 0.25) is 0 Å². The lowest BCUT2D eigenvalue weighted by atomic mass is 9.76. The standard InChI is InChI=1S/C13H15F3O/c14-13(15,16)12(17)8-6-11(7-9-12)10-4-2-1-3-5-10/h1-5,11,17H,6-9H2. The van der Waals surface area contributed by atoms with E-state index in [1.54, 1.807) is 0 Å². The molecule has 94 valence electrons.